The van der Waals surface area contributed by atoms with Crippen molar-refractivity contribution in [1.29, 1.82) is 5.26 Å². The van der Waals surface area contributed by atoms with Crippen molar-refractivity contribution in [3.05, 3.63) is 17.8 Å². The third-order valence-corrected chi connectivity index (χ3v) is 2.70. The first-order valence-corrected chi connectivity index (χ1v) is 5.88. The summed E-state index contributed by atoms with van der Waals surface area (Å²) in [5.74, 6) is 0.480. The van der Waals surface area contributed by atoms with Crippen LogP contribution in [0, 0.1) is 11.3 Å². The van der Waals surface area contributed by atoms with Crippen LogP contribution in [0.1, 0.15) is 24.8 Å². The minimum absolute atomic E-state index is 0.0278. The fourth-order valence-electron chi connectivity index (χ4n) is 1.53. The van der Waals surface area contributed by atoms with Crippen molar-refractivity contribution in [1.82, 2.24) is 10.3 Å². The Bertz CT molecular complexity index is 490. The zero-order valence-electron chi connectivity index (χ0n) is 9.94. The zero-order chi connectivity index (χ0) is 13.0. The molecule has 0 atom stereocenters. The lowest BCUT2D eigenvalue weighted by molar-refractivity contribution is -0.120. The number of hydrogen-bond acceptors (Lipinski definition) is 5. The van der Waals surface area contributed by atoms with E-state index in [2.05, 4.69) is 15.6 Å². The van der Waals surface area contributed by atoms with Crippen molar-refractivity contribution in [2.45, 2.75) is 25.3 Å². The number of carbonyl (C=O) groups excluding carboxylic acids is 1. The van der Waals surface area contributed by atoms with Crippen molar-refractivity contribution in [3.8, 4) is 6.07 Å². The number of nitrogens with two attached hydrogens (primary N) is 1. The van der Waals surface area contributed by atoms with Crippen molar-refractivity contribution < 1.29 is 4.79 Å². The Morgan fingerprint density at radius 2 is 2.39 bits per heavy atom. The molecule has 1 saturated carbocycles. The van der Waals surface area contributed by atoms with E-state index in [4.69, 9.17) is 11.0 Å². The average molecular weight is 245 g/mol. The van der Waals surface area contributed by atoms with E-state index in [0.29, 0.717) is 36.1 Å². The van der Waals surface area contributed by atoms with Crippen LogP contribution in [0.25, 0.3) is 0 Å². The fraction of sp³-hybridized carbons (Fsp3) is 0.417. The Labute approximate surface area is 105 Å². The molecule has 4 N–H and O–H groups in total. The van der Waals surface area contributed by atoms with E-state index in [9.17, 15) is 4.79 Å². The summed E-state index contributed by atoms with van der Waals surface area (Å²) in [5.41, 5.74) is 6.46. The van der Waals surface area contributed by atoms with Crippen molar-refractivity contribution in [3.63, 3.8) is 0 Å². The molecule has 6 heteroatoms. The van der Waals surface area contributed by atoms with Gasteiger partial charge in [-0.3, -0.25) is 4.79 Å². The van der Waals surface area contributed by atoms with Gasteiger partial charge in [-0.05, 0) is 18.9 Å². The molecule has 1 fully saturated rings. The lowest BCUT2D eigenvalue weighted by Gasteiger charge is -2.08. The summed E-state index contributed by atoms with van der Waals surface area (Å²) in [6.07, 6.45) is 4.05. The van der Waals surface area contributed by atoms with Gasteiger partial charge < -0.3 is 16.4 Å². The summed E-state index contributed by atoms with van der Waals surface area (Å²) in [7, 11) is 0. The number of nitriles is 1. The predicted octanol–water partition coefficient (Wildman–Crippen LogP) is 0.616. The average Bonchev–Trinajstić information content (AvgIpc) is 3.15. The molecule has 1 aromatic rings. The van der Waals surface area contributed by atoms with Gasteiger partial charge in [-0.25, -0.2) is 4.98 Å². The van der Waals surface area contributed by atoms with E-state index >= 15 is 0 Å². The lowest BCUT2D eigenvalue weighted by Crippen LogP contribution is -2.27. The molecule has 0 spiro atoms. The minimum Gasteiger partial charge on any atom is -0.395 e. The highest BCUT2D eigenvalue weighted by Crippen LogP contribution is 2.19. The van der Waals surface area contributed by atoms with E-state index in [1.807, 2.05) is 6.07 Å². The van der Waals surface area contributed by atoms with Crippen LogP contribution in [0.4, 0.5) is 11.5 Å². The standard InChI is InChI=1S/C12H15N5O/c13-7-8-3-5-15-12(11(8)14)16-6-4-10(18)17-9-1-2-9/h3,5,9H,1-2,4,6,14H2,(H,15,16)(H,17,18). The Hall–Kier alpha value is -2.29. The van der Waals surface area contributed by atoms with Crippen LogP contribution in [0.2, 0.25) is 0 Å². The molecule has 1 amide bonds. The first kappa shape index (κ1) is 12.2. The van der Waals surface area contributed by atoms with E-state index < -0.39 is 0 Å². The molecule has 1 aliphatic rings. The summed E-state index contributed by atoms with van der Waals surface area (Å²) in [5, 5.41) is 14.7. The van der Waals surface area contributed by atoms with Crippen LogP contribution in [0.3, 0.4) is 0 Å². The number of carbonyl (C=O) groups is 1. The molecule has 1 aliphatic carbocycles. The number of aromatic nitrogens is 1. The van der Waals surface area contributed by atoms with Gasteiger partial charge >= 0.3 is 0 Å². The van der Waals surface area contributed by atoms with Gasteiger partial charge in [0.05, 0.1) is 11.3 Å². The van der Waals surface area contributed by atoms with Gasteiger partial charge in [0.1, 0.15) is 6.07 Å². The van der Waals surface area contributed by atoms with Gasteiger partial charge in [-0.1, -0.05) is 0 Å². The smallest absolute Gasteiger partial charge is 0.221 e. The summed E-state index contributed by atoms with van der Waals surface area (Å²) in [6.45, 7) is 0.449. The van der Waals surface area contributed by atoms with Gasteiger partial charge in [-0.15, -0.1) is 0 Å². The molecule has 94 valence electrons. The highest BCUT2D eigenvalue weighted by Gasteiger charge is 2.22. The zero-order valence-corrected chi connectivity index (χ0v) is 9.94. The minimum atomic E-state index is 0.0278. The number of nitrogens with one attached hydrogen (secondary N) is 2. The number of nitrogens with zero attached hydrogens (tertiary/aromatic N) is 2. The third-order valence-electron chi connectivity index (χ3n) is 2.70. The molecule has 0 unspecified atom stereocenters. The molecule has 0 aliphatic heterocycles. The second kappa shape index (κ2) is 5.36. The van der Waals surface area contributed by atoms with E-state index in [1.165, 1.54) is 6.20 Å². The molecule has 0 bridgehead atoms. The first-order valence-electron chi connectivity index (χ1n) is 5.88. The van der Waals surface area contributed by atoms with Crippen LogP contribution >= 0.6 is 0 Å². The first-order chi connectivity index (χ1) is 8.70. The molecule has 0 radical (unpaired) electrons. The van der Waals surface area contributed by atoms with Crippen molar-refractivity contribution >= 4 is 17.4 Å². The summed E-state index contributed by atoms with van der Waals surface area (Å²) < 4.78 is 0. The van der Waals surface area contributed by atoms with Crippen molar-refractivity contribution in [2.75, 3.05) is 17.6 Å². The van der Waals surface area contributed by atoms with Crippen LogP contribution < -0.4 is 16.4 Å². The Balaban J connectivity index is 1.82. The number of anilines is 2. The van der Waals surface area contributed by atoms with Gasteiger partial charge in [0.25, 0.3) is 0 Å². The largest absolute Gasteiger partial charge is 0.395 e. The fourth-order valence-corrected chi connectivity index (χ4v) is 1.53. The van der Waals surface area contributed by atoms with Crippen LogP contribution in [-0.2, 0) is 4.79 Å². The highest BCUT2D eigenvalue weighted by molar-refractivity contribution is 5.77. The maximum atomic E-state index is 11.4. The van der Waals surface area contributed by atoms with Gasteiger partial charge in [-0.2, -0.15) is 5.26 Å². The van der Waals surface area contributed by atoms with Crippen molar-refractivity contribution in [2.24, 2.45) is 0 Å². The topological polar surface area (TPSA) is 104 Å². The summed E-state index contributed by atoms with van der Waals surface area (Å²) in [6, 6.07) is 3.92. The second-order valence-electron chi connectivity index (χ2n) is 4.25. The molecular weight excluding hydrogens is 230 g/mol. The van der Waals surface area contributed by atoms with Gasteiger partial charge in [0, 0.05) is 25.2 Å². The predicted molar refractivity (Wildman–Crippen MR) is 67.6 cm³/mol. The number of nitrogen functional groups attached to an aromatic ring is 1. The van der Waals surface area contributed by atoms with Crippen LogP contribution in [0.5, 0.6) is 0 Å². The molecule has 0 aromatic carbocycles. The quantitative estimate of drug-likeness (QED) is 0.705. The van der Waals surface area contributed by atoms with Crippen LogP contribution in [0.15, 0.2) is 12.3 Å². The molecule has 1 heterocycles. The number of pyridine rings is 1. The monoisotopic (exact) mass is 245 g/mol. The molecule has 1 aromatic heterocycles. The molecule has 0 saturated heterocycles. The Morgan fingerprint density at radius 3 is 3.06 bits per heavy atom. The summed E-state index contributed by atoms with van der Waals surface area (Å²) in [4.78, 5) is 15.5. The highest BCUT2D eigenvalue weighted by atomic mass is 16.1. The summed E-state index contributed by atoms with van der Waals surface area (Å²) >= 11 is 0. The maximum absolute atomic E-state index is 11.4. The van der Waals surface area contributed by atoms with Gasteiger partial charge in [0.2, 0.25) is 5.91 Å². The SMILES string of the molecule is N#Cc1ccnc(NCCC(=O)NC2CC2)c1N. The number of rotatable bonds is 5. The molecular formula is C12H15N5O. The lowest BCUT2D eigenvalue weighted by atomic mass is 10.2. The molecule has 2 rings (SSSR count). The normalized spacial score (nSPS) is 13.7. The van der Waals surface area contributed by atoms with E-state index in [-0.39, 0.29) is 5.91 Å². The maximum Gasteiger partial charge on any atom is 0.221 e. The van der Waals surface area contributed by atoms with Gasteiger partial charge in [0.15, 0.2) is 5.82 Å². The molecule has 6 nitrogen and oxygen atoms in total. The number of amides is 1. The Morgan fingerprint density at radius 1 is 1.61 bits per heavy atom. The molecule has 18 heavy (non-hydrogen) atoms. The Kier molecular flexibility index (Phi) is 3.63. The number of hydrogen-bond donors (Lipinski definition) is 3. The second-order valence-corrected chi connectivity index (χ2v) is 4.25. The third kappa shape index (κ3) is 3.10. The van der Waals surface area contributed by atoms with Crippen LogP contribution in [-0.4, -0.2) is 23.5 Å². The van der Waals surface area contributed by atoms with E-state index in [1.54, 1.807) is 6.07 Å². The van der Waals surface area contributed by atoms with E-state index in [0.717, 1.165) is 12.8 Å².